The molecule has 11 nitrogen and oxygen atoms in total. The molecule has 0 unspecified atom stereocenters. The van der Waals surface area contributed by atoms with Crippen LogP contribution in [0.3, 0.4) is 0 Å². The van der Waals surface area contributed by atoms with Gasteiger partial charge in [-0.05, 0) is 31.1 Å². The van der Waals surface area contributed by atoms with Crippen molar-refractivity contribution in [2.75, 3.05) is 32.5 Å². The summed E-state index contributed by atoms with van der Waals surface area (Å²) in [4.78, 5) is 54.3. The van der Waals surface area contributed by atoms with Crippen molar-refractivity contribution in [3.8, 4) is 0 Å². The number of carbonyl (C=O) groups excluding carboxylic acids is 3. The lowest BCUT2D eigenvalue weighted by Gasteiger charge is -2.21. The van der Waals surface area contributed by atoms with E-state index in [0.29, 0.717) is 47.6 Å². The van der Waals surface area contributed by atoms with E-state index in [0.717, 1.165) is 0 Å². The highest BCUT2D eigenvalue weighted by molar-refractivity contribution is 6.37. The lowest BCUT2D eigenvalue weighted by atomic mass is 10.0. The molecule has 34 heavy (non-hydrogen) atoms. The average molecular weight is 487 g/mol. The van der Waals surface area contributed by atoms with E-state index in [2.05, 4.69) is 15.6 Å². The Balaban J connectivity index is 1.54. The van der Waals surface area contributed by atoms with E-state index in [1.165, 1.54) is 17.0 Å². The monoisotopic (exact) mass is 486 g/mol. The molecule has 3 N–H and O–H groups in total. The summed E-state index contributed by atoms with van der Waals surface area (Å²) in [7, 11) is 3.37. The first-order valence-electron chi connectivity index (χ1n) is 10.5. The maximum absolute atomic E-state index is 12.9. The second-order valence-electron chi connectivity index (χ2n) is 8.44. The third-order valence-electron chi connectivity index (χ3n) is 5.96. The van der Waals surface area contributed by atoms with Gasteiger partial charge in [-0.2, -0.15) is 0 Å². The number of urea groups is 1. The fourth-order valence-corrected chi connectivity index (χ4v) is 4.36. The van der Waals surface area contributed by atoms with Gasteiger partial charge in [-0.1, -0.05) is 11.6 Å². The van der Waals surface area contributed by atoms with Gasteiger partial charge in [0.05, 0.1) is 21.7 Å². The lowest BCUT2D eigenvalue weighted by Crippen LogP contribution is -2.41. The second-order valence-corrected chi connectivity index (χ2v) is 8.85. The summed E-state index contributed by atoms with van der Waals surface area (Å²) < 4.78 is 0. The molecule has 0 saturated carbocycles. The summed E-state index contributed by atoms with van der Waals surface area (Å²) in [6.45, 7) is 2.74. The summed E-state index contributed by atoms with van der Waals surface area (Å²) in [6, 6.07) is 2.35. The van der Waals surface area contributed by atoms with Crippen LogP contribution in [0.25, 0.3) is 11.6 Å². The van der Waals surface area contributed by atoms with Crippen LogP contribution in [0.4, 0.5) is 16.2 Å². The molecule has 2 aliphatic heterocycles. The van der Waals surface area contributed by atoms with Crippen molar-refractivity contribution in [2.24, 2.45) is 0 Å². The summed E-state index contributed by atoms with van der Waals surface area (Å²) in [5.41, 5.74) is 2.21. The van der Waals surface area contributed by atoms with E-state index in [1.807, 2.05) is 0 Å². The Morgan fingerprint density at radius 3 is 2.76 bits per heavy atom. The molecule has 0 aliphatic carbocycles. The van der Waals surface area contributed by atoms with Crippen molar-refractivity contribution in [1.29, 1.82) is 0 Å². The molecule has 1 saturated heterocycles. The molecule has 2 aliphatic rings. The Labute approximate surface area is 199 Å². The zero-order valence-electron chi connectivity index (χ0n) is 18.8. The summed E-state index contributed by atoms with van der Waals surface area (Å²) in [6.07, 6.45) is 3.76. The molecule has 12 heteroatoms. The Morgan fingerprint density at radius 1 is 1.35 bits per heavy atom. The normalized spacial score (nSPS) is 18.1. The van der Waals surface area contributed by atoms with Gasteiger partial charge in [-0.15, -0.1) is 0 Å². The van der Waals surface area contributed by atoms with Gasteiger partial charge in [0.1, 0.15) is 5.02 Å². The second kappa shape index (κ2) is 8.82. The molecule has 2 aromatic rings. The molecule has 178 valence electrons. The van der Waals surface area contributed by atoms with E-state index in [1.54, 1.807) is 38.2 Å². The average Bonchev–Trinajstić information content (AvgIpc) is 3.45. The number of nitrogens with one attached hydrogen (secondary N) is 3. The highest BCUT2D eigenvalue weighted by Crippen LogP contribution is 2.39. The minimum absolute atomic E-state index is 0.0712. The topological polar surface area (TPSA) is 141 Å². The number of likely N-dealkylation sites (tertiary alicyclic amines) is 1. The molecule has 4 rings (SSSR count). The van der Waals surface area contributed by atoms with Gasteiger partial charge in [-0.25, -0.2) is 4.79 Å². The molecule has 0 bridgehead atoms. The molecule has 1 fully saturated rings. The first-order chi connectivity index (χ1) is 16.1. The van der Waals surface area contributed by atoms with Gasteiger partial charge in [0.25, 0.3) is 17.5 Å². The number of halogens is 1. The van der Waals surface area contributed by atoms with Crippen molar-refractivity contribution in [3.05, 3.63) is 55.9 Å². The number of benzene rings is 1. The predicted octanol–water partition coefficient (Wildman–Crippen LogP) is 2.86. The Morgan fingerprint density at radius 2 is 2.09 bits per heavy atom. The van der Waals surface area contributed by atoms with Crippen LogP contribution in [0.1, 0.15) is 33.6 Å². The standard InChI is InChI=1S/C22H23ClN6O5/c1-11-15(21(31)25-12-4-5-28(10-12)22(32)27(2)3)9-24-17(11)6-14-13-7-19(29(33)34)16(23)8-18(13)26-20(14)30/h6-9,12,24H,4-5,10H2,1-3H3,(H,25,31)(H,26,30)/b14-6-/t12-/m0/s1. The number of hydrogen-bond donors (Lipinski definition) is 3. The van der Waals surface area contributed by atoms with E-state index in [-0.39, 0.29) is 34.3 Å². The molecular weight excluding hydrogens is 464 g/mol. The number of amides is 4. The van der Waals surface area contributed by atoms with E-state index in [9.17, 15) is 24.5 Å². The number of hydrogen-bond acceptors (Lipinski definition) is 5. The third-order valence-corrected chi connectivity index (χ3v) is 6.26. The summed E-state index contributed by atoms with van der Waals surface area (Å²) in [5, 5.41) is 16.8. The molecular formula is C22H23ClN6O5. The Hall–Kier alpha value is -3.86. The highest BCUT2D eigenvalue weighted by atomic mass is 35.5. The third kappa shape index (κ3) is 4.21. The van der Waals surface area contributed by atoms with Crippen LogP contribution in [0.2, 0.25) is 5.02 Å². The van der Waals surface area contributed by atoms with Crippen LogP contribution in [-0.2, 0) is 4.79 Å². The van der Waals surface area contributed by atoms with Crippen molar-refractivity contribution < 1.29 is 19.3 Å². The smallest absolute Gasteiger partial charge is 0.319 e. The molecule has 1 aromatic carbocycles. The van der Waals surface area contributed by atoms with Crippen molar-refractivity contribution in [2.45, 2.75) is 19.4 Å². The van der Waals surface area contributed by atoms with Gasteiger partial charge < -0.3 is 25.4 Å². The zero-order valence-corrected chi connectivity index (χ0v) is 19.5. The van der Waals surface area contributed by atoms with Crippen LogP contribution in [0, 0.1) is 17.0 Å². The number of aromatic amines is 1. The van der Waals surface area contributed by atoms with Crippen molar-refractivity contribution in [3.63, 3.8) is 0 Å². The Bertz CT molecular complexity index is 1250. The van der Waals surface area contributed by atoms with Crippen LogP contribution in [-0.4, -0.2) is 70.8 Å². The molecule has 0 radical (unpaired) electrons. The maximum atomic E-state index is 12.9. The minimum atomic E-state index is -0.610. The predicted molar refractivity (Wildman–Crippen MR) is 127 cm³/mol. The van der Waals surface area contributed by atoms with Crippen LogP contribution >= 0.6 is 11.6 Å². The van der Waals surface area contributed by atoms with Gasteiger partial charge in [0.15, 0.2) is 0 Å². The first-order valence-corrected chi connectivity index (χ1v) is 10.9. The van der Waals surface area contributed by atoms with E-state index >= 15 is 0 Å². The quantitative estimate of drug-likeness (QED) is 0.346. The fraction of sp³-hybridized carbons (Fsp3) is 0.318. The van der Waals surface area contributed by atoms with Crippen molar-refractivity contribution in [1.82, 2.24) is 20.1 Å². The molecule has 1 aromatic heterocycles. The summed E-state index contributed by atoms with van der Waals surface area (Å²) >= 11 is 5.95. The van der Waals surface area contributed by atoms with Crippen molar-refractivity contribution >= 4 is 52.5 Å². The fourth-order valence-electron chi connectivity index (χ4n) is 4.12. The molecule has 0 spiro atoms. The number of carbonyl (C=O) groups is 3. The maximum Gasteiger partial charge on any atom is 0.319 e. The van der Waals surface area contributed by atoms with Crippen LogP contribution < -0.4 is 10.6 Å². The molecule has 4 amide bonds. The van der Waals surface area contributed by atoms with Gasteiger partial charge in [0, 0.05) is 56.7 Å². The highest BCUT2D eigenvalue weighted by Gasteiger charge is 2.31. The minimum Gasteiger partial charge on any atom is -0.361 e. The molecule has 1 atom stereocenters. The van der Waals surface area contributed by atoms with Gasteiger partial charge >= 0.3 is 6.03 Å². The number of nitro groups is 1. The number of anilines is 1. The number of nitro benzene ring substituents is 1. The largest absolute Gasteiger partial charge is 0.361 e. The number of nitrogens with zero attached hydrogens (tertiary/aromatic N) is 3. The number of rotatable bonds is 4. The molecule has 3 heterocycles. The lowest BCUT2D eigenvalue weighted by molar-refractivity contribution is -0.384. The number of fused-ring (bicyclic) bond motifs is 1. The van der Waals surface area contributed by atoms with Gasteiger partial charge in [0.2, 0.25) is 0 Å². The van der Waals surface area contributed by atoms with E-state index < -0.39 is 10.8 Å². The van der Waals surface area contributed by atoms with Crippen LogP contribution in [0.15, 0.2) is 18.3 Å². The van der Waals surface area contributed by atoms with Crippen LogP contribution in [0.5, 0.6) is 0 Å². The van der Waals surface area contributed by atoms with Gasteiger partial charge in [-0.3, -0.25) is 19.7 Å². The Kier molecular flexibility index (Phi) is 6.05. The van der Waals surface area contributed by atoms with E-state index in [4.69, 9.17) is 11.6 Å². The number of aromatic nitrogens is 1. The number of H-pyrrole nitrogens is 1. The summed E-state index contributed by atoms with van der Waals surface area (Å²) in [5.74, 6) is -0.718. The first kappa shape index (κ1) is 23.3. The zero-order chi connectivity index (χ0) is 24.7. The SMILES string of the molecule is Cc1c(C(=O)N[C@H]2CCN(C(=O)N(C)C)C2)c[nH]c1/C=C1\C(=O)Nc2cc(Cl)c([N+](=O)[O-])cc21.